The van der Waals surface area contributed by atoms with E-state index in [2.05, 4.69) is 5.32 Å². The smallest absolute Gasteiger partial charge is 0.235 e. The molecule has 0 aromatic heterocycles. The molecule has 0 unspecified atom stereocenters. The largest absolute Gasteiger partial charge is 0.330 e. The van der Waals surface area contributed by atoms with Crippen molar-refractivity contribution in [1.82, 2.24) is 0 Å². The molecule has 1 saturated carbocycles. The summed E-state index contributed by atoms with van der Waals surface area (Å²) in [6.45, 7) is 2.91. The predicted molar refractivity (Wildman–Crippen MR) is 103 cm³/mol. The molecule has 1 aliphatic carbocycles. The van der Waals surface area contributed by atoms with Crippen molar-refractivity contribution in [3.05, 3.63) is 23.8 Å². The summed E-state index contributed by atoms with van der Waals surface area (Å²) in [7, 11) is -3.23. The topological polar surface area (TPSA) is 92.5 Å². The van der Waals surface area contributed by atoms with E-state index < -0.39 is 10.0 Å². The van der Waals surface area contributed by atoms with E-state index in [1.807, 2.05) is 19.1 Å². The maximum absolute atomic E-state index is 12.5. The van der Waals surface area contributed by atoms with Crippen molar-refractivity contribution in [1.29, 1.82) is 0 Å². The first-order valence-electron chi connectivity index (χ1n) is 8.54. The van der Waals surface area contributed by atoms with Gasteiger partial charge >= 0.3 is 0 Å². The molecule has 1 heterocycles. The molecule has 0 radical (unpaired) electrons. The molecule has 3 N–H and O–H groups in total. The molecule has 1 amide bonds. The van der Waals surface area contributed by atoms with Crippen molar-refractivity contribution >= 4 is 39.7 Å². The van der Waals surface area contributed by atoms with Crippen LogP contribution in [0, 0.1) is 18.8 Å². The summed E-state index contributed by atoms with van der Waals surface area (Å²) >= 11 is 0. The molecule has 2 atom stereocenters. The molecule has 0 bridgehead atoms. The molecular formula is C17H26ClN3O3S. The third-order valence-corrected chi connectivity index (χ3v) is 7.00. The number of benzene rings is 1. The fourth-order valence-electron chi connectivity index (χ4n) is 3.77. The van der Waals surface area contributed by atoms with Crippen molar-refractivity contribution in [2.45, 2.75) is 32.6 Å². The quantitative estimate of drug-likeness (QED) is 0.828. The fourth-order valence-corrected chi connectivity index (χ4v) is 5.38. The van der Waals surface area contributed by atoms with Crippen molar-refractivity contribution in [3.8, 4) is 0 Å². The Morgan fingerprint density at radius 1 is 1.32 bits per heavy atom. The Bertz CT molecular complexity index is 739. The summed E-state index contributed by atoms with van der Waals surface area (Å²) in [5.41, 5.74) is 7.95. The molecule has 1 aromatic rings. The van der Waals surface area contributed by atoms with Crippen LogP contribution in [0.4, 0.5) is 11.4 Å². The lowest BCUT2D eigenvalue weighted by atomic mass is 9.95. The van der Waals surface area contributed by atoms with Crippen LogP contribution in [0.5, 0.6) is 0 Å². The number of sulfonamides is 1. The number of nitrogens with one attached hydrogen (secondary N) is 1. The zero-order chi connectivity index (χ0) is 17.3. The Morgan fingerprint density at radius 3 is 2.72 bits per heavy atom. The summed E-state index contributed by atoms with van der Waals surface area (Å²) in [5, 5.41) is 2.95. The highest BCUT2D eigenvalue weighted by molar-refractivity contribution is 7.93. The summed E-state index contributed by atoms with van der Waals surface area (Å²) < 4.78 is 25.8. The molecule has 2 fully saturated rings. The average molecular weight is 388 g/mol. The van der Waals surface area contributed by atoms with E-state index in [1.165, 1.54) is 4.31 Å². The second-order valence-corrected chi connectivity index (χ2v) is 8.78. The van der Waals surface area contributed by atoms with E-state index >= 15 is 0 Å². The van der Waals surface area contributed by atoms with Gasteiger partial charge < -0.3 is 11.1 Å². The van der Waals surface area contributed by atoms with E-state index in [1.54, 1.807) is 6.07 Å². The molecule has 1 saturated heterocycles. The van der Waals surface area contributed by atoms with E-state index in [9.17, 15) is 13.2 Å². The Kier molecular flexibility index (Phi) is 6.35. The van der Waals surface area contributed by atoms with Crippen LogP contribution in [0.25, 0.3) is 0 Å². The van der Waals surface area contributed by atoms with E-state index in [0.717, 1.165) is 24.8 Å². The van der Waals surface area contributed by atoms with Gasteiger partial charge in [-0.15, -0.1) is 12.4 Å². The molecule has 1 aliphatic heterocycles. The number of rotatable bonds is 4. The normalized spacial score (nSPS) is 24.8. The number of hydrogen-bond acceptors (Lipinski definition) is 4. The lowest BCUT2D eigenvalue weighted by Gasteiger charge is -2.21. The highest BCUT2D eigenvalue weighted by atomic mass is 35.5. The van der Waals surface area contributed by atoms with Crippen molar-refractivity contribution in [3.63, 3.8) is 0 Å². The molecular weight excluding hydrogens is 362 g/mol. The van der Waals surface area contributed by atoms with Crippen LogP contribution in [0.2, 0.25) is 0 Å². The summed E-state index contributed by atoms with van der Waals surface area (Å²) in [6.07, 6.45) is 3.54. The van der Waals surface area contributed by atoms with Gasteiger partial charge in [-0.25, -0.2) is 8.42 Å². The highest BCUT2D eigenvalue weighted by Gasteiger charge is 2.32. The monoisotopic (exact) mass is 387 g/mol. The number of aryl methyl sites for hydroxylation is 1. The number of nitrogens with two attached hydrogens (primary N) is 1. The first-order valence-corrected chi connectivity index (χ1v) is 10.2. The van der Waals surface area contributed by atoms with Gasteiger partial charge in [-0.2, -0.15) is 0 Å². The van der Waals surface area contributed by atoms with Gasteiger partial charge in [-0.05, 0) is 56.3 Å². The first kappa shape index (κ1) is 20.0. The second-order valence-electron chi connectivity index (χ2n) is 6.77. The minimum atomic E-state index is -3.23. The first-order chi connectivity index (χ1) is 11.4. The number of amides is 1. The minimum Gasteiger partial charge on any atom is -0.330 e. The maximum Gasteiger partial charge on any atom is 0.235 e. The number of nitrogens with zero attached hydrogens (tertiary/aromatic N) is 1. The van der Waals surface area contributed by atoms with Crippen LogP contribution >= 0.6 is 12.4 Å². The Balaban J connectivity index is 0.00000225. The molecule has 2 aliphatic rings. The van der Waals surface area contributed by atoms with Gasteiger partial charge in [0.1, 0.15) is 0 Å². The Hall–Kier alpha value is -1.31. The van der Waals surface area contributed by atoms with Crippen molar-refractivity contribution in [2.75, 3.05) is 28.5 Å². The summed E-state index contributed by atoms with van der Waals surface area (Å²) in [4.78, 5) is 12.5. The third kappa shape index (κ3) is 4.10. The van der Waals surface area contributed by atoms with E-state index in [-0.39, 0.29) is 35.9 Å². The van der Waals surface area contributed by atoms with Gasteiger partial charge in [0.25, 0.3) is 0 Å². The van der Waals surface area contributed by atoms with Crippen molar-refractivity contribution < 1.29 is 13.2 Å². The Morgan fingerprint density at radius 2 is 2.08 bits per heavy atom. The number of halogens is 1. The van der Waals surface area contributed by atoms with E-state index in [4.69, 9.17) is 5.73 Å². The maximum atomic E-state index is 12.5. The zero-order valence-electron chi connectivity index (χ0n) is 14.4. The number of hydrogen-bond donors (Lipinski definition) is 2. The molecule has 25 heavy (non-hydrogen) atoms. The van der Waals surface area contributed by atoms with Gasteiger partial charge in [0, 0.05) is 18.2 Å². The zero-order valence-corrected chi connectivity index (χ0v) is 16.0. The average Bonchev–Trinajstić information content (AvgIpc) is 3.15. The van der Waals surface area contributed by atoms with Gasteiger partial charge in [-0.3, -0.25) is 9.10 Å². The van der Waals surface area contributed by atoms with Crippen LogP contribution in [-0.4, -0.2) is 33.2 Å². The van der Waals surface area contributed by atoms with E-state index in [0.29, 0.717) is 30.9 Å². The van der Waals surface area contributed by atoms with Crippen LogP contribution in [0.15, 0.2) is 18.2 Å². The number of anilines is 2. The SMILES string of the molecule is Cc1ccc(NC(=O)[C@@H]2CCC[C@@H]2CN)cc1N1CCCS1(=O)=O.Cl. The molecule has 6 nitrogen and oxygen atoms in total. The predicted octanol–water partition coefficient (Wildman–Crippen LogP) is 2.27. The van der Waals surface area contributed by atoms with Gasteiger partial charge in [0.2, 0.25) is 15.9 Å². The molecule has 140 valence electrons. The second kappa shape index (κ2) is 7.93. The highest BCUT2D eigenvalue weighted by Crippen LogP contribution is 2.33. The third-order valence-electron chi connectivity index (χ3n) is 5.14. The van der Waals surface area contributed by atoms with Crippen LogP contribution in [-0.2, 0) is 14.8 Å². The lowest BCUT2D eigenvalue weighted by Crippen LogP contribution is -2.30. The number of carbonyl (C=O) groups is 1. The van der Waals surface area contributed by atoms with Crippen LogP contribution < -0.4 is 15.4 Å². The summed E-state index contributed by atoms with van der Waals surface area (Å²) in [6, 6.07) is 5.45. The fraction of sp³-hybridized carbons (Fsp3) is 0.588. The van der Waals surface area contributed by atoms with Crippen LogP contribution in [0.3, 0.4) is 0 Å². The molecule has 1 aromatic carbocycles. The summed E-state index contributed by atoms with van der Waals surface area (Å²) in [5.74, 6) is 0.370. The van der Waals surface area contributed by atoms with Crippen molar-refractivity contribution in [2.24, 2.45) is 17.6 Å². The Labute approximate surface area is 155 Å². The van der Waals surface area contributed by atoms with Crippen LogP contribution in [0.1, 0.15) is 31.2 Å². The molecule has 0 spiro atoms. The standard InChI is InChI=1S/C17H25N3O3S.ClH/c1-12-6-7-14(10-16(12)20-8-3-9-24(20,22)23)19-17(21)15-5-2-4-13(15)11-18;/h6-7,10,13,15H,2-5,8-9,11,18H2,1H3,(H,19,21);1H/t13-,15-;/m1./s1. The van der Waals surface area contributed by atoms with Gasteiger partial charge in [0.05, 0.1) is 11.4 Å². The minimum absolute atomic E-state index is 0. The lowest BCUT2D eigenvalue weighted by molar-refractivity contribution is -0.120. The van der Waals surface area contributed by atoms with Gasteiger partial charge in [0.15, 0.2) is 0 Å². The van der Waals surface area contributed by atoms with Gasteiger partial charge in [-0.1, -0.05) is 12.5 Å². The number of carbonyl (C=O) groups excluding carboxylic acids is 1. The molecule has 3 rings (SSSR count). The molecule has 8 heteroatoms.